The van der Waals surface area contributed by atoms with Crippen molar-refractivity contribution in [3.63, 3.8) is 0 Å². The summed E-state index contributed by atoms with van der Waals surface area (Å²) in [6.45, 7) is 8.37. The van der Waals surface area contributed by atoms with E-state index in [4.69, 9.17) is 0 Å². The fourth-order valence-electron chi connectivity index (χ4n) is 1.99. The van der Waals surface area contributed by atoms with Gasteiger partial charge in [0.05, 0.1) is 5.69 Å². The highest BCUT2D eigenvalue weighted by Crippen LogP contribution is 2.04. The van der Waals surface area contributed by atoms with Crippen LogP contribution in [-0.4, -0.2) is 55.1 Å². The zero-order valence-electron chi connectivity index (χ0n) is 13.7. The van der Waals surface area contributed by atoms with E-state index in [9.17, 15) is 0 Å². The highest BCUT2D eigenvalue weighted by molar-refractivity contribution is 5.14. The molecule has 0 bridgehead atoms. The van der Waals surface area contributed by atoms with E-state index in [0.717, 1.165) is 31.9 Å². The van der Waals surface area contributed by atoms with Gasteiger partial charge < -0.3 is 15.1 Å². The summed E-state index contributed by atoms with van der Waals surface area (Å²) in [7, 11) is 6.39. The molecule has 0 spiro atoms. The Balaban J connectivity index is 2.33. The second-order valence-corrected chi connectivity index (χ2v) is 6.09. The minimum Gasteiger partial charge on any atom is -0.310 e. The highest BCUT2D eigenvalue weighted by atomic mass is 15.1. The first-order chi connectivity index (χ1) is 9.47. The van der Waals surface area contributed by atoms with E-state index in [-0.39, 0.29) is 0 Å². The molecule has 114 valence electrons. The molecule has 0 aromatic carbocycles. The minimum absolute atomic E-state index is 0.512. The van der Waals surface area contributed by atoms with Gasteiger partial charge in [-0.1, -0.05) is 19.9 Å². The van der Waals surface area contributed by atoms with Crippen molar-refractivity contribution in [1.82, 2.24) is 20.1 Å². The molecule has 0 fully saturated rings. The van der Waals surface area contributed by atoms with Gasteiger partial charge in [-0.3, -0.25) is 4.98 Å². The molecule has 4 nitrogen and oxygen atoms in total. The number of hydrogen-bond donors (Lipinski definition) is 1. The number of aromatic nitrogens is 1. The molecule has 1 heterocycles. The second kappa shape index (κ2) is 9.06. The summed E-state index contributed by atoms with van der Waals surface area (Å²) >= 11 is 0. The molecule has 0 aliphatic heterocycles. The van der Waals surface area contributed by atoms with Crippen molar-refractivity contribution in [3.05, 3.63) is 29.6 Å². The predicted octanol–water partition coefficient (Wildman–Crippen LogP) is 1.96. The van der Waals surface area contributed by atoms with Gasteiger partial charge in [-0.2, -0.15) is 0 Å². The van der Waals surface area contributed by atoms with Crippen LogP contribution in [0.25, 0.3) is 0 Å². The van der Waals surface area contributed by atoms with Crippen LogP contribution in [0.3, 0.4) is 0 Å². The summed E-state index contributed by atoms with van der Waals surface area (Å²) < 4.78 is 0. The molecule has 0 amide bonds. The maximum absolute atomic E-state index is 4.55. The van der Waals surface area contributed by atoms with Crippen LogP contribution in [-0.2, 0) is 13.1 Å². The summed E-state index contributed by atoms with van der Waals surface area (Å²) in [5.41, 5.74) is 2.39. The van der Waals surface area contributed by atoms with Crippen molar-refractivity contribution in [3.8, 4) is 0 Å². The SMILES string of the molecule is CC(C)NCc1ccc(CN(C)CCCN(C)C)nc1. The largest absolute Gasteiger partial charge is 0.310 e. The first-order valence-electron chi connectivity index (χ1n) is 7.48. The topological polar surface area (TPSA) is 31.4 Å². The summed E-state index contributed by atoms with van der Waals surface area (Å²) in [6.07, 6.45) is 3.18. The van der Waals surface area contributed by atoms with Crippen LogP contribution in [0.2, 0.25) is 0 Å². The first kappa shape index (κ1) is 17.1. The normalized spacial score (nSPS) is 11.8. The van der Waals surface area contributed by atoms with Crippen LogP contribution in [0.4, 0.5) is 0 Å². The predicted molar refractivity (Wildman–Crippen MR) is 85.7 cm³/mol. The van der Waals surface area contributed by atoms with E-state index < -0.39 is 0 Å². The van der Waals surface area contributed by atoms with Gasteiger partial charge in [0.25, 0.3) is 0 Å². The number of nitrogens with zero attached hydrogens (tertiary/aromatic N) is 3. The van der Waals surface area contributed by atoms with Gasteiger partial charge in [0.2, 0.25) is 0 Å². The van der Waals surface area contributed by atoms with E-state index in [1.165, 1.54) is 12.0 Å². The highest BCUT2D eigenvalue weighted by Gasteiger charge is 2.03. The van der Waals surface area contributed by atoms with Crippen molar-refractivity contribution in [2.24, 2.45) is 0 Å². The Morgan fingerprint density at radius 1 is 1.15 bits per heavy atom. The third kappa shape index (κ3) is 7.58. The Kier molecular flexibility index (Phi) is 7.73. The molecule has 1 rings (SSSR count). The second-order valence-electron chi connectivity index (χ2n) is 6.09. The standard InChI is InChI=1S/C16H30N4/c1-14(2)17-11-15-7-8-16(18-12-15)13-20(5)10-6-9-19(3)4/h7-8,12,14,17H,6,9-11,13H2,1-5H3. The smallest absolute Gasteiger partial charge is 0.0544 e. The van der Waals surface area contributed by atoms with Gasteiger partial charge in [0.1, 0.15) is 0 Å². The average Bonchev–Trinajstić information content (AvgIpc) is 2.37. The van der Waals surface area contributed by atoms with Crippen LogP contribution in [0.5, 0.6) is 0 Å². The van der Waals surface area contributed by atoms with Gasteiger partial charge in [0, 0.05) is 25.3 Å². The van der Waals surface area contributed by atoms with Gasteiger partial charge in [-0.05, 0) is 52.3 Å². The Labute approximate surface area is 124 Å². The number of nitrogens with one attached hydrogen (secondary N) is 1. The van der Waals surface area contributed by atoms with Crippen molar-refractivity contribution in [2.45, 2.75) is 39.4 Å². The molecule has 1 N–H and O–H groups in total. The number of pyridine rings is 1. The van der Waals surface area contributed by atoms with Crippen molar-refractivity contribution < 1.29 is 0 Å². The van der Waals surface area contributed by atoms with Crippen LogP contribution >= 0.6 is 0 Å². The maximum atomic E-state index is 4.55. The molecule has 0 saturated heterocycles. The fraction of sp³-hybridized carbons (Fsp3) is 0.688. The fourth-order valence-corrected chi connectivity index (χ4v) is 1.99. The lowest BCUT2D eigenvalue weighted by molar-refractivity contribution is 0.292. The first-order valence-corrected chi connectivity index (χ1v) is 7.48. The third-order valence-electron chi connectivity index (χ3n) is 3.18. The van der Waals surface area contributed by atoms with Gasteiger partial charge in [0.15, 0.2) is 0 Å². The van der Waals surface area contributed by atoms with Gasteiger partial charge in [-0.15, -0.1) is 0 Å². The van der Waals surface area contributed by atoms with E-state index >= 15 is 0 Å². The van der Waals surface area contributed by atoms with Crippen molar-refractivity contribution in [1.29, 1.82) is 0 Å². The molecule has 1 aromatic heterocycles. The molecular formula is C16H30N4. The molecular weight excluding hydrogens is 248 g/mol. The van der Waals surface area contributed by atoms with E-state index in [0.29, 0.717) is 6.04 Å². The molecule has 0 aliphatic rings. The quantitative estimate of drug-likeness (QED) is 0.748. The maximum Gasteiger partial charge on any atom is 0.0544 e. The summed E-state index contributed by atoms with van der Waals surface area (Å²) in [5.74, 6) is 0. The molecule has 1 aromatic rings. The molecule has 0 saturated carbocycles. The lowest BCUT2D eigenvalue weighted by atomic mass is 10.2. The van der Waals surface area contributed by atoms with Crippen LogP contribution in [0, 0.1) is 0 Å². The summed E-state index contributed by atoms with van der Waals surface area (Å²) in [5, 5.41) is 3.41. The van der Waals surface area contributed by atoms with Gasteiger partial charge >= 0.3 is 0 Å². The van der Waals surface area contributed by atoms with Crippen LogP contribution < -0.4 is 5.32 Å². The lowest BCUT2D eigenvalue weighted by Crippen LogP contribution is -2.24. The van der Waals surface area contributed by atoms with Crippen molar-refractivity contribution in [2.75, 3.05) is 34.2 Å². The zero-order chi connectivity index (χ0) is 15.0. The Morgan fingerprint density at radius 3 is 2.45 bits per heavy atom. The van der Waals surface area contributed by atoms with E-state index in [1.54, 1.807) is 0 Å². The molecule has 0 unspecified atom stereocenters. The molecule has 0 atom stereocenters. The third-order valence-corrected chi connectivity index (χ3v) is 3.18. The minimum atomic E-state index is 0.512. The number of rotatable bonds is 9. The van der Waals surface area contributed by atoms with E-state index in [2.05, 4.69) is 67.2 Å². The molecule has 20 heavy (non-hydrogen) atoms. The van der Waals surface area contributed by atoms with Crippen molar-refractivity contribution >= 4 is 0 Å². The Bertz CT molecular complexity index is 359. The zero-order valence-corrected chi connectivity index (χ0v) is 13.7. The Morgan fingerprint density at radius 2 is 1.90 bits per heavy atom. The van der Waals surface area contributed by atoms with Gasteiger partial charge in [-0.25, -0.2) is 0 Å². The summed E-state index contributed by atoms with van der Waals surface area (Å²) in [6, 6.07) is 4.82. The molecule has 0 radical (unpaired) electrons. The van der Waals surface area contributed by atoms with E-state index in [1.807, 2.05) is 6.20 Å². The van der Waals surface area contributed by atoms with Crippen LogP contribution in [0.1, 0.15) is 31.5 Å². The Hall–Kier alpha value is -0.970. The monoisotopic (exact) mass is 278 g/mol. The molecule has 4 heteroatoms. The molecule has 0 aliphatic carbocycles. The summed E-state index contributed by atoms with van der Waals surface area (Å²) in [4.78, 5) is 9.10. The van der Waals surface area contributed by atoms with Crippen LogP contribution in [0.15, 0.2) is 18.3 Å². The lowest BCUT2D eigenvalue weighted by Gasteiger charge is -2.17. The number of hydrogen-bond acceptors (Lipinski definition) is 4. The average molecular weight is 278 g/mol.